The Hall–Kier alpha value is -3.52. The van der Waals surface area contributed by atoms with Crippen LogP contribution < -0.4 is 10.6 Å². The zero-order chi connectivity index (χ0) is 25.9. The Bertz CT molecular complexity index is 1500. The van der Waals surface area contributed by atoms with Gasteiger partial charge in [-0.2, -0.15) is 0 Å². The Morgan fingerprint density at radius 3 is 2.62 bits per heavy atom. The number of hydrogen-bond acceptors (Lipinski definition) is 5. The van der Waals surface area contributed by atoms with Crippen molar-refractivity contribution in [1.82, 2.24) is 14.9 Å². The highest BCUT2D eigenvalue weighted by atomic mass is 35.5. The number of anilines is 3. The summed E-state index contributed by atoms with van der Waals surface area (Å²) in [7, 11) is 2.06. The fraction of sp³-hybridized carbons (Fsp3) is 0.179. The second-order valence-electron chi connectivity index (χ2n) is 8.86. The Kier molecular flexibility index (Phi) is 7.37. The molecule has 1 fully saturated rings. The Balaban J connectivity index is 1.59. The number of hydrogen-bond donors (Lipinski definition) is 2. The molecule has 0 aliphatic carbocycles. The molecule has 4 aromatic rings. The second-order valence-corrected chi connectivity index (χ2v) is 9.64. The highest BCUT2D eigenvalue weighted by Crippen LogP contribution is 2.40. The van der Waals surface area contributed by atoms with Crippen LogP contribution in [0, 0.1) is 5.82 Å². The lowest BCUT2D eigenvalue weighted by Crippen LogP contribution is -2.23. The van der Waals surface area contributed by atoms with Gasteiger partial charge in [0.2, 0.25) is 5.91 Å². The predicted octanol–water partition coefficient (Wildman–Crippen LogP) is 7.08. The summed E-state index contributed by atoms with van der Waals surface area (Å²) in [6, 6.07) is 16.5. The SMILES string of the molecule is CN1CCCC1/C=C/C(=O)Nc1ccc2ncnc(Nc3ccc(Cl)c(Cl)c3F)c2c1-c1ccccc1. The van der Waals surface area contributed by atoms with E-state index >= 15 is 0 Å². The lowest BCUT2D eigenvalue weighted by Gasteiger charge is -2.17. The minimum absolute atomic E-state index is 0.115. The Morgan fingerprint density at radius 1 is 1.08 bits per heavy atom. The molecule has 1 aliphatic rings. The largest absolute Gasteiger partial charge is 0.337 e. The molecule has 6 nitrogen and oxygen atoms in total. The van der Waals surface area contributed by atoms with Crippen molar-refractivity contribution in [2.75, 3.05) is 24.2 Å². The van der Waals surface area contributed by atoms with Gasteiger partial charge in [0.1, 0.15) is 12.1 Å². The number of likely N-dealkylation sites (N-methyl/N-ethyl adjacent to an activating group) is 1. The van der Waals surface area contributed by atoms with Crippen molar-refractivity contribution in [1.29, 1.82) is 0 Å². The Morgan fingerprint density at radius 2 is 1.86 bits per heavy atom. The van der Waals surface area contributed by atoms with Crippen LogP contribution in [0.1, 0.15) is 12.8 Å². The Labute approximate surface area is 224 Å². The van der Waals surface area contributed by atoms with Crippen molar-refractivity contribution < 1.29 is 9.18 Å². The summed E-state index contributed by atoms with van der Waals surface area (Å²) in [5.41, 5.74) is 2.88. The molecule has 1 aliphatic heterocycles. The van der Waals surface area contributed by atoms with E-state index in [0.717, 1.165) is 24.9 Å². The first-order chi connectivity index (χ1) is 17.9. The lowest BCUT2D eigenvalue weighted by atomic mass is 9.98. The maximum Gasteiger partial charge on any atom is 0.248 e. The van der Waals surface area contributed by atoms with E-state index in [1.54, 1.807) is 12.1 Å². The van der Waals surface area contributed by atoms with Crippen LogP contribution in [0.25, 0.3) is 22.0 Å². The van der Waals surface area contributed by atoms with E-state index in [0.29, 0.717) is 28.0 Å². The molecular weight excluding hydrogens is 512 g/mol. The van der Waals surface area contributed by atoms with E-state index in [-0.39, 0.29) is 27.7 Å². The molecule has 0 bridgehead atoms. The van der Waals surface area contributed by atoms with Gasteiger partial charge in [0.05, 0.1) is 26.6 Å². The minimum Gasteiger partial charge on any atom is -0.337 e. The third-order valence-electron chi connectivity index (χ3n) is 6.46. The van der Waals surface area contributed by atoms with Gasteiger partial charge in [-0.25, -0.2) is 14.4 Å². The van der Waals surface area contributed by atoms with E-state index < -0.39 is 5.82 Å². The fourth-order valence-electron chi connectivity index (χ4n) is 4.56. The summed E-state index contributed by atoms with van der Waals surface area (Å²) in [5.74, 6) is -0.562. The smallest absolute Gasteiger partial charge is 0.248 e. The second kappa shape index (κ2) is 10.8. The van der Waals surface area contributed by atoms with Crippen molar-refractivity contribution >= 4 is 57.2 Å². The van der Waals surface area contributed by atoms with Gasteiger partial charge in [-0.15, -0.1) is 0 Å². The quantitative estimate of drug-likeness (QED) is 0.204. The third-order valence-corrected chi connectivity index (χ3v) is 7.24. The topological polar surface area (TPSA) is 70.2 Å². The number of carbonyl (C=O) groups is 1. The van der Waals surface area contributed by atoms with E-state index in [4.69, 9.17) is 23.2 Å². The number of rotatable bonds is 6. The molecule has 1 aromatic heterocycles. The van der Waals surface area contributed by atoms with Crippen LogP contribution in [-0.4, -0.2) is 40.4 Å². The zero-order valence-corrected chi connectivity index (χ0v) is 21.5. The van der Waals surface area contributed by atoms with Crippen LogP contribution in [0.4, 0.5) is 21.6 Å². The van der Waals surface area contributed by atoms with Gasteiger partial charge in [0.15, 0.2) is 5.82 Å². The van der Waals surface area contributed by atoms with Crippen molar-refractivity contribution in [2.24, 2.45) is 0 Å². The van der Waals surface area contributed by atoms with Gasteiger partial charge in [-0.1, -0.05) is 59.6 Å². The predicted molar refractivity (Wildman–Crippen MR) is 148 cm³/mol. The zero-order valence-electron chi connectivity index (χ0n) is 20.0. The molecule has 1 atom stereocenters. The number of likely N-dealkylation sites (tertiary alicyclic amines) is 1. The van der Waals surface area contributed by atoms with Gasteiger partial charge < -0.3 is 10.6 Å². The van der Waals surface area contributed by atoms with E-state index in [1.165, 1.54) is 18.5 Å². The summed E-state index contributed by atoms with van der Waals surface area (Å²) in [6.07, 6.45) is 7.06. The molecule has 1 amide bonds. The summed E-state index contributed by atoms with van der Waals surface area (Å²) >= 11 is 12.0. The number of nitrogens with one attached hydrogen (secondary N) is 2. The van der Waals surface area contributed by atoms with Crippen LogP contribution in [0.15, 0.2) is 73.1 Å². The minimum atomic E-state index is -0.686. The molecule has 1 saturated heterocycles. The molecule has 2 N–H and O–H groups in total. The van der Waals surface area contributed by atoms with Crippen LogP contribution in [-0.2, 0) is 4.79 Å². The van der Waals surface area contributed by atoms with Crippen molar-refractivity contribution in [3.63, 3.8) is 0 Å². The van der Waals surface area contributed by atoms with Gasteiger partial charge in [-0.05, 0) is 56.3 Å². The van der Waals surface area contributed by atoms with Crippen LogP contribution >= 0.6 is 23.2 Å². The van der Waals surface area contributed by atoms with Gasteiger partial charge in [-0.3, -0.25) is 9.69 Å². The van der Waals surface area contributed by atoms with Crippen LogP contribution in [0.2, 0.25) is 10.0 Å². The van der Waals surface area contributed by atoms with E-state index in [9.17, 15) is 9.18 Å². The first-order valence-corrected chi connectivity index (χ1v) is 12.6. The average Bonchev–Trinajstić information content (AvgIpc) is 3.33. The normalized spacial score (nSPS) is 15.9. The standard InChI is InChI=1S/C28H24Cl2FN5O/c1-36-15-5-8-18(36)9-14-23(37)34-21-13-12-20-25(24(21)17-6-3-2-4-7-17)28(33-16-32-20)35-22-11-10-19(29)26(30)27(22)31/h2-4,6-7,9-14,16,18H,5,8,15H2,1H3,(H,34,37)(H,32,33,35)/b14-9+. The maximum atomic E-state index is 14.9. The number of carbonyl (C=O) groups excluding carboxylic acids is 1. The van der Waals surface area contributed by atoms with Gasteiger partial charge in [0.25, 0.3) is 0 Å². The number of nitrogens with zero attached hydrogens (tertiary/aromatic N) is 3. The summed E-state index contributed by atoms with van der Waals surface area (Å²) in [5, 5.41) is 6.62. The van der Waals surface area contributed by atoms with E-state index in [2.05, 4.69) is 32.5 Å². The summed E-state index contributed by atoms with van der Waals surface area (Å²) in [6.45, 7) is 1.02. The number of amides is 1. The number of aromatic nitrogens is 2. The molecule has 0 spiro atoms. The van der Waals surface area contributed by atoms with Crippen LogP contribution in [0.5, 0.6) is 0 Å². The molecule has 0 saturated carbocycles. The van der Waals surface area contributed by atoms with Gasteiger partial charge in [0, 0.05) is 23.4 Å². The maximum absolute atomic E-state index is 14.9. The molecular formula is C28H24Cl2FN5O. The fourth-order valence-corrected chi connectivity index (χ4v) is 4.87. The highest BCUT2D eigenvalue weighted by Gasteiger charge is 2.20. The van der Waals surface area contributed by atoms with Crippen molar-refractivity contribution in [3.8, 4) is 11.1 Å². The first-order valence-electron chi connectivity index (χ1n) is 11.9. The molecule has 0 radical (unpaired) electrons. The van der Waals surface area contributed by atoms with Crippen molar-refractivity contribution in [3.05, 3.63) is 88.9 Å². The highest BCUT2D eigenvalue weighted by molar-refractivity contribution is 6.42. The molecule has 2 heterocycles. The number of halogens is 3. The molecule has 9 heteroatoms. The molecule has 1 unspecified atom stereocenters. The number of benzene rings is 3. The molecule has 37 heavy (non-hydrogen) atoms. The monoisotopic (exact) mass is 535 g/mol. The molecule has 188 valence electrons. The van der Waals surface area contributed by atoms with Gasteiger partial charge >= 0.3 is 0 Å². The summed E-state index contributed by atoms with van der Waals surface area (Å²) < 4.78 is 14.9. The van der Waals surface area contributed by atoms with Crippen LogP contribution in [0.3, 0.4) is 0 Å². The third kappa shape index (κ3) is 5.30. The van der Waals surface area contributed by atoms with E-state index in [1.807, 2.05) is 42.5 Å². The first kappa shape index (κ1) is 25.1. The molecule has 3 aromatic carbocycles. The summed E-state index contributed by atoms with van der Waals surface area (Å²) in [4.78, 5) is 24.0. The van der Waals surface area contributed by atoms with Crippen molar-refractivity contribution in [2.45, 2.75) is 18.9 Å². The number of fused-ring (bicyclic) bond motifs is 1. The molecule has 5 rings (SSSR count). The average molecular weight is 536 g/mol. The lowest BCUT2D eigenvalue weighted by molar-refractivity contribution is -0.111.